The molecule has 2 atom stereocenters. The Hall–Kier alpha value is -4.43. The summed E-state index contributed by atoms with van der Waals surface area (Å²) in [5.41, 5.74) is 0.563. The van der Waals surface area contributed by atoms with Crippen LogP contribution in [-0.4, -0.2) is 50.9 Å². The molecule has 1 aliphatic carbocycles. The SMILES string of the molecule is CCn1c(=O)n(CC2CC2)c(=O)c2cc(NC(=O)[C@@H]3CN(C(C)=O)C[C@H]3NC(=O)c3ccc(C#N)c(Cl)c3)ccc21. The van der Waals surface area contributed by atoms with Crippen molar-refractivity contribution in [2.75, 3.05) is 18.4 Å². The summed E-state index contributed by atoms with van der Waals surface area (Å²) in [6, 6.07) is 10.4. The average Bonchev–Trinajstić information content (AvgIpc) is 3.67. The zero-order valence-corrected chi connectivity index (χ0v) is 23.4. The number of anilines is 1. The number of hydrogen-bond acceptors (Lipinski definition) is 6. The smallest absolute Gasteiger partial charge is 0.331 e. The number of carbonyl (C=O) groups excluding carboxylic acids is 3. The Balaban J connectivity index is 1.40. The van der Waals surface area contributed by atoms with Gasteiger partial charge in [-0.3, -0.25) is 28.3 Å². The summed E-state index contributed by atoms with van der Waals surface area (Å²) in [6.07, 6.45) is 1.97. The molecule has 41 heavy (non-hydrogen) atoms. The first-order chi connectivity index (χ1) is 19.6. The summed E-state index contributed by atoms with van der Waals surface area (Å²) in [7, 11) is 0. The number of halogens is 1. The van der Waals surface area contributed by atoms with Crippen LogP contribution in [-0.2, 0) is 22.7 Å². The van der Waals surface area contributed by atoms with E-state index in [1.54, 1.807) is 22.8 Å². The molecule has 5 rings (SSSR count). The van der Waals surface area contributed by atoms with Crippen LogP contribution in [0.4, 0.5) is 5.69 Å². The van der Waals surface area contributed by atoms with Gasteiger partial charge in [0, 0.05) is 44.4 Å². The highest BCUT2D eigenvalue weighted by Crippen LogP contribution is 2.30. The van der Waals surface area contributed by atoms with Crippen molar-refractivity contribution in [2.24, 2.45) is 11.8 Å². The van der Waals surface area contributed by atoms with Crippen molar-refractivity contribution in [2.45, 2.75) is 45.8 Å². The van der Waals surface area contributed by atoms with Crippen LogP contribution in [0, 0.1) is 23.2 Å². The number of nitrogens with one attached hydrogen (secondary N) is 2. The summed E-state index contributed by atoms with van der Waals surface area (Å²) in [4.78, 5) is 66.3. The molecule has 1 saturated heterocycles. The van der Waals surface area contributed by atoms with Crippen molar-refractivity contribution < 1.29 is 14.4 Å². The number of rotatable bonds is 7. The Morgan fingerprint density at radius 3 is 2.46 bits per heavy atom. The number of aryl methyl sites for hydroxylation is 1. The second-order valence-corrected chi connectivity index (χ2v) is 10.9. The van der Waals surface area contributed by atoms with E-state index in [1.807, 2.05) is 13.0 Å². The quantitative estimate of drug-likeness (QED) is 0.441. The number of nitriles is 1. The van der Waals surface area contributed by atoms with E-state index in [-0.39, 0.29) is 40.8 Å². The number of aromatic nitrogens is 2. The number of amides is 3. The largest absolute Gasteiger partial charge is 0.347 e. The summed E-state index contributed by atoms with van der Waals surface area (Å²) in [5.74, 6) is -1.61. The van der Waals surface area contributed by atoms with E-state index in [0.29, 0.717) is 35.6 Å². The molecule has 3 aromatic rings. The summed E-state index contributed by atoms with van der Waals surface area (Å²) < 4.78 is 2.82. The predicted octanol–water partition coefficient (Wildman–Crippen LogP) is 2.33. The lowest BCUT2D eigenvalue weighted by atomic mass is 10.0. The molecular formula is C29H29ClN6O5. The first-order valence-electron chi connectivity index (χ1n) is 13.5. The molecule has 2 N–H and O–H groups in total. The third-order valence-electron chi connectivity index (χ3n) is 7.72. The van der Waals surface area contributed by atoms with Gasteiger partial charge in [-0.25, -0.2) is 4.79 Å². The van der Waals surface area contributed by atoms with Gasteiger partial charge in [-0.05, 0) is 62.1 Å². The molecular weight excluding hydrogens is 548 g/mol. The normalized spacial score (nSPS) is 18.2. The second kappa shape index (κ2) is 11.2. The Morgan fingerprint density at radius 2 is 1.83 bits per heavy atom. The van der Waals surface area contributed by atoms with Crippen LogP contribution in [0.3, 0.4) is 0 Å². The van der Waals surface area contributed by atoms with Gasteiger partial charge in [0.25, 0.3) is 11.5 Å². The van der Waals surface area contributed by atoms with Crippen molar-refractivity contribution in [3.05, 3.63) is 73.4 Å². The molecule has 212 valence electrons. The molecule has 0 bridgehead atoms. The Bertz CT molecular complexity index is 1730. The number of likely N-dealkylation sites (tertiary alicyclic amines) is 1. The number of carbonyl (C=O) groups is 3. The highest BCUT2D eigenvalue weighted by molar-refractivity contribution is 6.32. The van der Waals surface area contributed by atoms with Gasteiger partial charge in [0.05, 0.1) is 33.4 Å². The topological polar surface area (TPSA) is 146 Å². The van der Waals surface area contributed by atoms with Crippen molar-refractivity contribution >= 4 is 45.9 Å². The molecule has 2 fully saturated rings. The van der Waals surface area contributed by atoms with Crippen molar-refractivity contribution in [3.8, 4) is 6.07 Å². The fourth-order valence-corrected chi connectivity index (χ4v) is 5.46. The zero-order chi connectivity index (χ0) is 29.4. The van der Waals surface area contributed by atoms with E-state index in [9.17, 15) is 24.0 Å². The maximum atomic E-state index is 13.5. The van der Waals surface area contributed by atoms with Crippen molar-refractivity contribution in [1.29, 1.82) is 5.26 Å². The van der Waals surface area contributed by atoms with Crippen LogP contribution >= 0.6 is 11.6 Å². The molecule has 11 nitrogen and oxygen atoms in total. The molecule has 2 aromatic carbocycles. The lowest BCUT2D eigenvalue weighted by Crippen LogP contribution is -2.44. The highest BCUT2D eigenvalue weighted by Gasteiger charge is 2.40. The Kier molecular flexibility index (Phi) is 7.69. The van der Waals surface area contributed by atoms with Crippen LogP contribution in [0.25, 0.3) is 10.9 Å². The van der Waals surface area contributed by atoms with Gasteiger partial charge >= 0.3 is 5.69 Å². The van der Waals surface area contributed by atoms with Crippen LogP contribution in [0.5, 0.6) is 0 Å². The summed E-state index contributed by atoms with van der Waals surface area (Å²) >= 11 is 6.08. The van der Waals surface area contributed by atoms with Gasteiger partial charge in [-0.1, -0.05) is 11.6 Å². The molecule has 1 aliphatic heterocycles. The van der Waals surface area contributed by atoms with Gasteiger partial charge in [0.15, 0.2) is 0 Å². The van der Waals surface area contributed by atoms with Crippen LogP contribution in [0.1, 0.15) is 42.6 Å². The second-order valence-electron chi connectivity index (χ2n) is 10.5. The fraction of sp³-hybridized carbons (Fsp3) is 0.379. The van der Waals surface area contributed by atoms with Crippen LogP contribution in [0.2, 0.25) is 5.02 Å². The van der Waals surface area contributed by atoms with E-state index in [2.05, 4.69) is 10.6 Å². The number of hydrogen-bond donors (Lipinski definition) is 2. The monoisotopic (exact) mass is 576 g/mol. The van der Waals surface area contributed by atoms with E-state index in [1.165, 1.54) is 34.6 Å². The van der Waals surface area contributed by atoms with E-state index in [0.717, 1.165) is 12.8 Å². The molecule has 1 saturated carbocycles. The molecule has 1 aromatic heterocycles. The third kappa shape index (κ3) is 5.60. The fourth-order valence-electron chi connectivity index (χ4n) is 5.23. The van der Waals surface area contributed by atoms with Gasteiger partial charge in [-0.2, -0.15) is 5.26 Å². The van der Waals surface area contributed by atoms with Crippen LogP contribution < -0.4 is 21.9 Å². The van der Waals surface area contributed by atoms with Crippen molar-refractivity contribution in [1.82, 2.24) is 19.4 Å². The first kappa shape index (κ1) is 28.1. The number of nitrogens with zero attached hydrogens (tertiary/aromatic N) is 4. The Morgan fingerprint density at radius 1 is 1.07 bits per heavy atom. The number of benzene rings is 2. The predicted molar refractivity (Wildman–Crippen MR) is 153 cm³/mol. The molecule has 0 spiro atoms. The van der Waals surface area contributed by atoms with E-state index in [4.69, 9.17) is 16.9 Å². The van der Waals surface area contributed by atoms with Gasteiger partial charge in [-0.15, -0.1) is 0 Å². The Labute approximate surface area is 240 Å². The first-order valence-corrected chi connectivity index (χ1v) is 13.8. The average molecular weight is 577 g/mol. The molecule has 3 amide bonds. The lowest BCUT2D eigenvalue weighted by molar-refractivity contribution is -0.128. The molecule has 2 heterocycles. The molecule has 12 heteroatoms. The zero-order valence-electron chi connectivity index (χ0n) is 22.6. The maximum absolute atomic E-state index is 13.5. The van der Waals surface area contributed by atoms with Gasteiger partial charge in [0.1, 0.15) is 6.07 Å². The van der Waals surface area contributed by atoms with Crippen molar-refractivity contribution in [3.63, 3.8) is 0 Å². The maximum Gasteiger partial charge on any atom is 0.331 e. The van der Waals surface area contributed by atoms with E-state index < -0.39 is 29.3 Å². The van der Waals surface area contributed by atoms with Gasteiger partial charge < -0.3 is 15.5 Å². The lowest BCUT2D eigenvalue weighted by Gasteiger charge is -2.20. The minimum Gasteiger partial charge on any atom is -0.347 e. The molecule has 2 aliphatic rings. The summed E-state index contributed by atoms with van der Waals surface area (Å²) in [5, 5.41) is 15.2. The standard InChI is InChI=1S/C29H29ClN6O5/c1-3-35-25-9-8-20(11-21(25)28(40)36(29(35)41)13-17-4-5-17)32-27(39)22-14-34(16(2)37)15-24(22)33-26(38)18-6-7-19(12-31)23(30)10-18/h6-11,17,22,24H,3-5,13-15H2,1-2H3,(H,32,39)(H,33,38)/t22-,24-/m1/s1. The third-order valence-corrected chi connectivity index (χ3v) is 8.03. The van der Waals surface area contributed by atoms with Gasteiger partial charge in [0.2, 0.25) is 11.8 Å². The summed E-state index contributed by atoms with van der Waals surface area (Å²) in [6.45, 7) is 4.22. The van der Waals surface area contributed by atoms with Crippen LogP contribution in [0.15, 0.2) is 46.0 Å². The minimum atomic E-state index is -0.775. The number of fused-ring (bicyclic) bond motifs is 1. The van der Waals surface area contributed by atoms with E-state index >= 15 is 0 Å². The molecule has 0 radical (unpaired) electrons. The highest BCUT2D eigenvalue weighted by atomic mass is 35.5. The molecule has 0 unspecified atom stereocenters. The minimum absolute atomic E-state index is 0.0946.